The van der Waals surface area contributed by atoms with Gasteiger partial charge >= 0.3 is 0 Å². The number of hydrogen-bond donors (Lipinski definition) is 2. The van der Waals surface area contributed by atoms with Crippen LogP contribution in [0.4, 0.5) is 0 Å². The second kappa shape index (κ2) is 9.12. The van der Waals surface area contributed by atoms with Crippen LogP contribution in [0.3, 0.4) is 0 Å². The molecule has 2 aromatic carbocycles. The number of nitrogens with zero attached hydrogens (tertiary/aromatic N) is 1. The van der Waals surface area contributed by atoms with E-state index in [1.165, 1.54) is 0 Å². The molecular formula is C20H25N3O3S. The molecule has 6 nitrogen and oxygen atoms in total. The van der Waals surface area contributed by atoms with Crippen LogP contribution in [0.25, 0.3) is 0 Å². The zero-order chi connectivity index (χ0) is 19.1. The second-order valence-electron chi connectivity index (χ2n) is 6.58. The molecule has 0 atom stereocenters. The molecule has 2 aromatic rings. The van der Waals surface area contributed by atoms with E-state index in [0.717, 1.165) is 32.7 Å². The molecule has 7 heteroatoms. The van der Waals surface area contributed by atoms with Crippen molar-refractivity contribution in [3.63, 3.8) is 0 Å². The first-order chi connectivity index (χ1) is 13.1. The molecule has 1 amide bonds. The Balaban J connectivity index is 1.65. The van der Waals surface area contributed by atoms with E-state index in [2.05, 4.69) is 15.5 Å². The van der Waals surface area contributed by atoms with Gasteiger partial charge in [-0.3, -0.25) is 9.69 Å². The smallest absolute Gasteiger partial charge is 0.251 e. The van der Waals surface area contributed by atoms with E-state index in [-0.39, 0.29) is 16.6 Å². The lowest BCUT2D eigenvalue weighted by Crippen LogP contribution is -2.46. The highest BCUT2D eigenvalue weighted by atomic mass is 32.2. The molecule has 3 rings (SSSR count). The molecular weight excluding hydrogens is 362 g/mol. The lowest BCUT2D eigenvalue weighted by molar-refractivity contribution is 0.0946. The summed E-state index contributed by atoms with van der Waals surface area (Å²) in [6.45, 7) is 5.21. The van der Waals surface area contributed by atoms with E-state index in [4.69, 9.17) is 0 Å². The highest BCUT2D eigenvalue weighted by Crippen LogP contribution is 2.19. The van der Waals surface area contributed by atoms with Crippen LogP contribution in [-0.2, 0) is 15.6 Å². The maximum Gasteiger partial charge on any atom is 0.251 e. The van der Waals surface area contributed by atoms with Gasteiger partial charge in [0.05, 0.1) is 10.6 Å². The van der Waals surface area contributed by atoms with Crippen LogP contribution in [0.2, 0.25) is 0 Å². The average Bonchev–Trinajstić information content (AvgIpc) is 2.69. The molecule has 1 aliphatic rings. The Kier molecular flexibility index (Phi) is 6.60. The molecule has 2 N–H and O–H groups in total. The van der Waals surface area contributed by atoms with Gasteiger partial charge in [0, 0.05) is 44.8 Å². The molecule has 0 spiro atoms. The summed E-state index contributed by atoms with van der Waals surface area (Å²) in [5, 5.41) is 6.21. The number of nitrogens with one attached hydrogen (secondary N) is 2. The van der Waals surface area contributed by atoms with Gasteiger partial charge in [0.1, 0.15) is 0 Å². The number of hydrogen-bond acceptors (Lipinski definition) is 5. The van der Waals surface area contributed by atoms with E-state index in [0.29, 0.717) is 17.7 Å². The molecule has 0 aromatic heterocycles. The number of rotatable bonds is 7. The zero-order valence-electron chi connectivity index (χ0n) is 15.2. The standard InChI is InChI=1S/C20H25N3O3S/c24-20(22-12-15-23-13-10-21-11-14-23)19-9-5-4-6-17(19)16-27(25,26)18-7-2-1-3-8-18/h1-9,21H,10-16H2,(H,22,24). The lowest BCUT2D eigenvalue weighted by atomic mass is 10.1. The van der Waals surface area contributed by atoms with Crippen molar-refractivity contribution in [2.45, 2.75) is 10.6 Å². The summed E-state index contributed by atoms with van der Waals surface area (Å²) >= 11 is 0. The summed E-state index contributed by atoms with van der Waals surface area (Å²) in [5.74, 6) is -0.428. The average molecular weight is 388 g/mol. The molecule has 0 bridgehead atoms. The number of carbonyl (C=O) groups is 1. The predicted octanol–water partition coefficient (Wildman–Crippen LogP) is 1.30. The van der Waals surface area contributed by atoms with E-state index >= 15 is 0 Å². The Labute approximate surface area is 160 Å². The summed E-state index contributed by atoms with van der Waals surface area (Å²) in [6, 6.07) is 15.2. The number of benzene rings is 2. The largest absolute Gasteiger partial charge is 0.351 e. The van der Waals surface area contributed by atoms with Gasteiger partial charge in [0.2, 0.25) is 0 Å². The molecule has 0 radical (unpaired) electrons. The maximum atomic E-state index is 12.7. The molecule has 0 aliphatic carbocycles. The van der Waals surface area contributed by atoms with Crippen LogP contribution in [-0.4, -0.2) is 58.5 Å². The van der Waals surface area contributed by atoms with Crippen LogP contribution < -0.4 is 10.6 Å². The van der Waals surface area contributed by atoms with Crippen LogP contribution in [0.15, 0.2) is 59.5 Å². The Morgan fingerprint density at radius 2 is 1.67 bits per heavy atom. The number of sulfone groups is 1. The molecule has 1 heterocycles. The summed E-state index contributed by atoms with van der Waals surface area (Å²) in [7, 11) is -3.50. The zero-order valence-corrected chi connectivity index (χ0v) is 16.0. The van der Waals surface area contributed by atoms with Crippen molar-refractivity contribution in [2.24, 2.45) is 0 Å². The van der Waals surface area contributed by atoms with Crippen molar-refractivity contribution >= 4 is 15.7 Å². The summed E-state index contributed by atoms with van der Waals surface area (Å²) in [5.41, 5.74) is 0.929. The third-order valence-electron chi connectivity index (χ3n) is 4.63. The minimum absolute atomic E-state index is 0.196. The highest BCUT2D eigenvalue weighted by Gasteiger charge is 2.19. The van der Waals surface area contributed by atoms with Crippen molar-refractivity contribution < 1.29 is 13.2 Å². The van der Waals surface area contributed by atoms with Crippen molar-refractivity contribution in [2.75, 3.05) is 39.3 Å². The topological polar surface area (TPSA) is 78.5 Å². The first-order valence-corrected chi connectivity index (χ1v) is 10.8. The van der Waals surface area contributed by atoms with Gasteiger partial charge in [-0.2, -0.15) is 0 Å². The van der Waals surface area contributed by atoms with Gasteiger partial charge in [-0.15, -0.1) is 0 Å². The molecule has 27 heavy (non-hydrogen) atoms. The highest BCUT2D eigenvalue weighted by molar-refractivity contribution is 7.90. The molecule has 1 aliphatic heterocycles. The van der Waals surface area contributed by atoms with E-state index in [1.807, 2.05) is 0 Å². The van der Waals surface area contributed by atoms with E-state index < -0.39 is 9.84 Å². The van der Waals surface area contributed by atoms with Gasteiger partial charge in [0.25, 0.3) is 5.91 Å². The predicted molar refractivity (Wildman–Crippen MR) is 105 cm³/mol. The fourth-order valence-corrected chi connectivity index (χ4v) is 4.54. The van der Waals surface area contributed by atoms with Gasteiger partial charge < -0.3 is 10.6 Å². The lowest BCUT2D eigenvalue weighted by Gasteiger charge is -2.27. The summed E-state index contributed by atoms with van der Waals surface area (Å²) in [4.78, 5) is 15.1. The maximum absolute atomic E-state index is 12.7. The van der Waals surface area contributed by atoms with Gasteiger partial charge in [-0.25, -0.2) is 8.42 Å². The fourth-order valence-electron chi connectivity index (χ4n) is 3.14. The van der Waals surface area contributed by atoms with Crippen LogP contribution >= 0.6 is 0 Å². The number of piperazine rings is 1. The Morgan fingerprint density at radius 1 is 1.00 bits per heavy atom. The number of carbonyl (C=O) groups excluding carboxylic acids is 1. The SMILES string of the molecule is O=C(NCCN1CCNCC1)c1ccccc1CS(=O)(=O)c1ccccc1. The molecule has 1 saturated heterocycles. The van der Waals surface area contributed by atoms with Crippen LogP contribution in [0.5, 0.6) is 0 Å². The minimum atomic E-state index is -3.50. The van der Waals surface area contributed by atoms with E-state index in [1.54, 1.807) is 54.6 Å². The van der Waals surface area contributed by atoms with Crippen LogP contribution in [0.1, 0.15) is 15.9 Å². The second-order valence-corrected chi connectivity index (χ2v) is 8.57. The third-order valence-corrected chi connectivity index (χ3v) is 6.31. The van der Waals surface area contributed by atoms with Crippen LogP contribution in [0, 0.1) is 0 Å². The molecule has 1 fully saturated rings. The van der Waals surface area contributed by atoms with Gasteiger partial charge in [-0.1, -0.05) is 36.4 Å². The minimum Gasteiger partial charge on any atom is -0.351 e. The van der Waals surface area contributed by atoms with Gasteiger partial charge in [0.15, 0.2) is 9.84 Å². The third kappa shape index (κ3) is 5.38. The summed E-state index contributed by atoms with van der Waals surface area (Å²) in [6.07, 6.45) is 0. The van der Waals surface area contributed by atoms with Crippen molar-refractivity contribution in [1.29, 1.82) is 0 Å². The monoisotopic (exact) mass is 387 g/mol. The number of amides is 1. The molecule has 0 unspecified atom stereocenters. The van der Waals surface area contributed by atoms with Crippen molar-refractivity contribution in [3.05, 3.63) is 65.7 Å². The quantitative estimate of drug-likeness (QED) is 0.749. The molecule has 0 saturated carbocycles. The van der Waals surface area contributed by atoms with Crippen molar-refractivity contribution in [3.8, 4) is 0 Å². The first kappa shape index (κ1) is 19.5. The Bertz CT molecular complexity index is 863. The van der Waals surface area contributed by atoms with Crippen molar-refractivity contribution in [1.82, 2.24) is 15.5 Å². The Morgan fingerprint density at radius 3 is 2.41 bits per heavy atom. The summed E-state index contributed by atoms with van der Waals surface area (Å²) < 4.78 is 25.3. The van der Waals surface area contributed by atoms with Gasteiger partial charge in [-0.05, 0) is 23.8 Å². The van der Waals surface area contributed by atoms with E-state index in [9.17, 15) is 13.2 Å². The fraction of sp³-hybridized carbons (Fsp3) is 0.350. The Hall–Kier alpha value is -2.22. The normalized spacial score (nSPS) is 15.4. The molecule has 144 valence electrons. The first-order valence-electron chi connectivity index (χ1n) is 9.13.